The van der Waals surface area contributed by atoms with E-state index in [1.54, 1.807) is 0 Å². The van der Waals surface area contributed by atoms with E-state index in [4.69, 9.17) is 0 Å². The van der Waals surface area contributed by atoms with Crippen molar-refractivity contribution in [3.05, 3.63) is 71.2 Å². The lowest BCUT2D eigenvalue weighted by Gasteiger charge is -2.32. The van der Waals surface area contributed by atoms with Gasteiger partial charge < -0.3 is 15.4 Å². The van der Waals surface area contributed by atoms with E-state index in [2.05, 4.69) is 15.3 Å². The predicted molar refractivity (Wildman–Crippen MR) is 124 cm³/mol. The molecule has 158 valence electrons. The number of thiophene rings is 1. The van der Waals surface area contributed by atoms with Crippen LogP contribution >= 0.6 is 11.3 Å². The van der Waals surface area contributed by atoms with Crippen LogP contribution in [0, 0.1) is 6.92 Å². The van der Waals surface area contributed by atoms with E-state index in [-0.39, 0.29) is 5.91 Å². The van der Waals surface area contributed by atoms with Crippen molar-refractivity contribution in [3.63, 3.8) is 0 Å². The van der Waals surface area contributed by atoms with Crippen LogP contribution in [0.25, 0.3) is 15.9 Å². The Morgan fingerprint density at radius 3 is 2.42 bits per heavy atom. The Hall–Kier alpha value is -3.20. The Labute approximate surface area is 184 Å². The molecule has 1 aliphatic rings. The van der Waals surface area contributed by atoms with Crippen molar-refractivity contribution in [2.45, 2.75) is 6.92 Å². The maximum absolute atomic E-state index is 12.9. The number of amides is 1. The van der Waals surface area contributed by atoms with E-state index in [1.165, 1.54) is 16.4 Å². The van der Waals surface area contributed by atoms with Crippen LogP contribution in [0.4, 0.5) is 11.4 Å². The Balaban J connectivity index is 1.34. The van der Waals surface area contributed by atoms with Gasteiger partial charge in [0.2, 0.25) is 0 Å². The first kappa shape index (κ1) is 19.7. The van der Waals surface area contributed by atoms with Gasteiger partial charge in [-0.1, -0.05) is 18.2 Å². The fourth-order valence-electron chi connectivity index (χ4n) is 3.81. The molecule has 7 nitrogen and oxygen atoms in total. The summed E-state index contributed by atoms with van der Waals surface area (Å²) in [6.45, 7) is 4.78. The van der Waals surface area contributed by atoms with Gasteiger partial charge in [0.15, 0.2) is 0 Å². The molecule has 0 radical (unpaired) electrons. The summed E-state index contributed by atoms with van der Waals surface area (Å²) in [6, 6.07) is 19.7. The van der Waals surface area contributed by atoms with Crippen molar-refractivity contribution in [2.75, 3.05) is 36.4 Å². The molecule has 5 rings (SSSR count). The molecule has 0 spiro atoms. The number of nitrogens with zero attached hydrogens (tertiary/aromatic N) is 4. The minimum absolute atomic E-state index is 0.123. The second-order valence-corrected chi connectivity index (χ2v) is 8.63. The first-order valence-electron chi connectivity index (χ1n) is 10.2. The number of hydrogen-bond acceptors (Lipinski definition) is 6. The van der Waals surface area contributed by atoms with Gasteiger partial charge in [-0.15, -0.1) is 11.3 Å². The monoisotopic (exact) mass is 433 g/mol. The molecule has 2 N–H and O–H groups in total. The second-order valence-electron chi connectivity index (χ2n) is 7.60. The maximum Gasteiger partial charge on any atom is 0.265 e. The van der Waals surface area contributed by atoms with Crippen LogP contribution in [0.3, 0.4) is 0 Å². The molecule has 2 aromatic carbocycles. The number of para-hydroxylation sites is 1. The lowest BCUT2D eigenvalue weighted by atomic mass is 10.2. The zero-order valence-corrected chi connectivity index (χ0v) is 18.0. The number of anilines is 2. The molecule has 1 amide bonds. The quantitative estimate of drug-likeness (QED) is 0.506. The number of hydrogen-bond donors (Lipinski definition) is 2. The smallest absolute Gasteiger partial charge is 0.265 e. The van der Waals surface area contributed by atoms with Gasteiger partial charge in [0.25, 0.3) is 5.91 Å². The van der Waals surface area contributed by atoms with Gasteiger partial charge in [-0.25, -0.2) is 4.68 Å². The summed E-state index contributed by atoms with van der Waals surface area (Å²) in [6.07, 6.45) is 0. The Kier molecular flexibility index (Phi) is 5.19. The molecule has 0 unspecified atom stereocenters. The zero-order chi connectivity index (χ0) is 21.4. The Bertz CT molecular complexity index is 1210. The molecule has 2 aromatic heterocycles. The van der Waals surface area contributed by atoms with Crippen molar-refractivity contribution in [3.8, 4) is 5.69 Å². The Morgan fingerprint density at radius 2 is 1.71 bits per heavy atom. The van der Waals surface area contributed by atoms with Crippen molar-refractivity contribution < 1.29 is 10.0 Å². The van der Waals surface area contributed by atoms with Gasteiger partial charge in [-0.05, 0) is 49.4 Å². The van der Waals surface area contributed by atoms with E-state index in [0.717, 1.165) is 46.1 Å². The van der Waals surface area contributed by atoms with Crippen LogP contribution in [0.15, 0.2) is 60.7 Å². The average Bonchev–Trinajstić information content (AvgIpc) is 3.36. The zero-order valence-electron chi connectivity index (χ0n) is 17.2. The number of aromatic nitrogens is 2. The summed E-state index contributed by atoms with van der Waals surface area (Å²) >= 11 is 1.44. The van der Waals surface area contributed by atoms with E-state index < -0.39 is 0 Å². The molecule has 0 atom stereocenters. The molecule has 1 saturated heterocycles. The van der Waals surface area contributed by atoms with Gasteiger partial charge >= 0.3 is 0 Å². The first-order chi connectivity index (χ1) is 15.1. The lowest BCUT2D eigenvalue weighted by molar-refractivity contribution is -0.0935. The van der Waals surface area contributed by atoms with Gasteiger partial charge in [-0.2, -0.15) is 10.2 Å². The van der Waals surface area contributed by atoms with Crippen LogP contribution in [-0.4, -0.2) is 52.1 Å². The fourth-order valence-corrected chi connectivity index (χ4v) is 4.88. The molecule has 0 bridgehead atoms. The number of benzene rings is 2. The molecule has 4 aromatic rings. The second kappa shape index (κ2) is 8.14. The third kappa shape index (κ3) is 3.93. The predicted octanol–water partition coefficient (Wildman–Crippen LogP) is 4.16. The van der Waals surface area contributed by atoms with Crippen LogP contribution in [-0.2, 0) is 0 Å². The minimum atomic E-state index is -0.123. The van der Waals surface area contributed by atoms with Crippen LogP contribution < -0.4 is 10.2 Å². The lowest BCUT2D eigenvalue weighted by Crippen LogP contribution is -2.44. The summed E-state index contributed by atoms with van der Waals surface area (Å²) in [5.74, 6) is -0.123. The highest BCUT2D eigenvalue weighted by molar-refractivity contribution is 7.20. The van der Waals surface area contributed by atoms with Crippen molar-refractivity contribution in [1.82, 2.24) is 14.8 Å². The van der Waals surface area contributed by atoms with Gasteiger partial charge in [0, 0.05) is 42.9 Å². The number of hydroxylamine groups is 2. The summed E-state index contributed by atoms with van der Waals surface area (Å²) < 4.78 is 1.90. The highest BCUT2D eigenvalue weighted by Gasteiger charge is 2.18. The molecule has 1 aliphatic heterocycles. The highest BCUT2D eigenvalue weighted by atomic mass is 32.1. The largest absolute Gasteiger partial charge is 0.369 e. The normalized spacial score (nSPS) is 14.8. The minimum Gasteiger partial charge on any atom is -0.369 e. The van der Waals surface area contributed by atoms with Crippen molar-refractivity contribution in [2.24, 2.45) is 0 Å². The highest BCUT2D eigenvalue weighted by Crippen LogP contribution is 2.31. The SMILES string of the molecule is Cc1nn(-c2ccccc2)c2sc(C(=O)Nc3ccc(N4CCN(O)CC4)cc3)cc12. The number of rotatable bonds is 4. The van der Waals surface area contributed by atoms with Crippen LogP contribution in [0.1, 0.15) is 15.4 Å². The van der Waals surface area contributed by atoms with Crippen molar-refractivity contribution >= 4 is 38.8 Å². The number of piperazine rings is 1. The molecule has 8 heteroatoms. The van der Waals surface area contributed by atoms with E-state index in [9.17, 15) is 10.0 Å². The number of aryl methyl sites for hydroxylation is 1. The standard InChI is InChI=1S/C23H23N5O2S/c1-16-20-15-21(31-23(20)28(25-16)19-5-3-2-4-6-19)22(29)24-17-7-9-18(10-8-17)26-11-13-27(30)14-12-26/h2-10,15,30H,11-14H2,1H3,(H,24,29). The molecule has 1 fully saturated rings. The summed E-state index contributed by atoms with van der Waals surface area (Å²) in [5, 5.41) is 19.5. The van der Waals surface area contributed by atoms with E-state index in [0.29, 0.717) is 18.0 Å². The number of nitrogens with one attached hydrogen (secondary N) is 1. The molecule has 0 aliphatic carbocycles. The fraction of sp³-hybridized carbons (Fsp3) is 0.217. The molecule has 31 heavy (non-hydrogen) atoms. The van der Waals surface area contributed by atoms with E-state index >= 15 is 0 Å². The number of carbonyl (C=O) groups is 1. The van der Waals surface area contributed by atoms with E-state index in [1.807, 2.05) is 72.3 Å². The number of carbonyl (C=O) groups excluding carboxylic acids is 1. The van der Waals surface area contributed by atoms with Crippen LogP contribution in [0.2, 0.25) is 0 Å². The molecule has 3 heterocycles. The summed E-state index contributed by atoms with van der Waals surface area (Å²) in [7, 11) is 0. The third-order valence-corrected chi connectivity index (χ3v) is 6.62. The first-order valence-corrected chi connectivity index (χ1v) is 11.0. The number of fused-ring (bicyclic) bond motifs is 1. The molecular formula is C23H23N5O2S. The van der Waals surface area contributed by atoms with Gasteiger partial charge in [0.1, 0.15) is 4.83 Å². The maximum atomic E-state index is 12.9. The van der Waals surface area contributed by atoms with Crippen LogP contribution in [0.5, 0.6) is 0 Å². The average molecular weight is 434 g/mol. The van der Waals surface area contributed by atoms with Gasteiger partial charge in [0.05, 0.1) is 16.3 Å². The molecule has 0 saturated carbocycles. The third-order valence-electron chi connectivity index (χ3n) is 5.52. The summed E-state index contributed by atoms with van der Waals surface area (Å²) in [4.78, 5) is 16.7. The van der Waals surface area contributed by atoms with Crippen molar-refractivity contribution in [1.29, 1.82) is 0 Å². The summed E-state index contributed by atoms with van der Waals surface area (Å²) in [5.41, 5.74) is 3.73. The Morgan fingerprint density at radius 1 is 1.00 bits per heavy atom. The topological polar surface area (TPSA) is 73.6 Å². The van der Waals surface area contributed by atoms with Gasteiger partial charge in [-0.3, -0.25) is 4.79 Å². The molecular weight excluding hydrogens is 410 g/mol.